The van der Waals surface area contributed by atoms with Crippen LogP contribution in [0.2, 0.25) is 0 Å². The number of carboxylic acids is 1. The van der Waals surface area contributed by atoms with Crippen LogP contribution in [-0.2, 0) is 52.7 Å². The fourth-order valence-corrected chi connectivity index (χ4v) is 10.6. The number of carbonyl (C=O) groups excluding carboxylic acids is 10. The predicted molar refractivity (Wildman–Crippen MR) is 337 cm³/mol. The molecule has 0 aliphatic carbocycles. The monoisotopic (exact) mass is 1230 g/mol. The first-order chi connectivity index (χ1) is 40.1. The van der Waals surface area contributed by atoms with Crippen molar-refractivity contribution in [3.8, 4) is 0 Å². The van der Waals surface area contributed by atoms with Gasteiger partial charge in [-0.2, -0.15) is 0 Å². The maximum Gasteiger partial charge on any atom is 0.326 e. The van der Waals surface area contributed by atoms with Gasteiger partial charge in [0.05, 0.1) is 12.1 Å². The summed E-state index contributed by atoms with van der Waals surface area (Å²) in [5.74, 6) is -9.84. The molecule has 0 bridgehead atoms. The molecule has 87 heavy (non-hydrogen) atoms. The molecule has 0 rings (SSSR count). The molecule has 0 aliphatic heterocycles. The van der Waals surface area contributed by atoms with Crippen molar-refractivity contribution in [2.45, 2.75) is 236 Å². The molecule has 13 atom stereocenters. The van der Waals surface area contributed by atoms with E-state index in [9.17, 15) is 63.0 Å². The molecule has 0 aromatic heterocycles. The van der Waals surface area contributed by atoms with Crippen molar-refractivity contribution in [1.82, 2.24) is 56.0 Å². The van der Waals surface area contributed by atoms with E-state index in [1.807, 2.05) is 55.4 Å². The van der Waals surface area contributed by atoms with Gasteiger partial charge in [0.15, 0.2) is 0 Å². The van der Waals surface area contributed by atoms with Crippen molar-refractivity contribution in [3.05, 3.63) is 12.2 Å². The number of aliphatic hydroxyl groups excluding tert-OH is 1. The number of carboxylic acid groups (broad SMARTS) is 1. The summed E-state index contributed by atoms with van der Waals surface area (Å²) >= 11 is 0. The van der Waals surface area contributed by atoms with Gasteiger partial charge in [-0.1, -0.05) is 109 Å². The predicted octanol–water partition coefficient (Wildman–Crippen LogP) is 3.49. The van der Waals surface area contributed by atoms with Crippen molar-refractivity contribution in [2.24, 2.45) is 41.4 Å². The number of amides is 10. The Morgan fingerprint density at radius 2 is 0.874 bits per heavy atom. The number of aliphatic carboxylic acids is 1. The number of nitrogens with zero attached hydrogens (tertiary/aromatic N) is 6. The molecule has 0 saturated heterocycles. The summed E-state index contributed by atoms with van der Waals surface area (Å²) < 4.78 is 0. The normalized spacial score (nSPS) is 16.3. The van der Waals surface area contributed by atoms with E-state index < -0.39 is 149 Å². The number of rotatable bonds is 37. The zero-order chi connectivity index (χ0) is 68.0. The van der Waals surface area contributed by atoms with E-state index in [-0.39, 0.29) is 61.8 Å². The van der Waals surface area contributed by atoms with E-state index in [2.05, 4.69) is 26.6 Å². The van der Waals surface area contributed by atoms with E-state index >= 15 is 0 Å². The molecule has 0 spiro atoms. The highest BCUT2D eigenvalue weighted by Gasteiger charge is 2.45. The summed E-state index contributed by atoms with van der Waals surface area (Å²) in [7, 11) is 8.72. The summed E-state index contributed by atoms with van der Waals surface area (Å²) in [6.45, 7) is 33.4. The van der Waals surface area contributed by atoms with Gasteiger partial charge >= 0.3 is 5.97 Å². The van der Waals surface area contributed by atoms with Gasteiger partial charge in [0.1, 0.15) is 60.4 Å². The van der Waals surface area contributed by atoms with E-state index in [4.69, 9.17) is 0 Å². The lowest BCUT2D eigenvalue weighted by Gasteiger charge is -2.41. The first kappa shape index (κ1) is 80.8. The van der Waals surface area contributed by atoms with Crippen LogP contribution in [-0.4, -0.2) is 226 Å². The van der Waals surface area contributed by atoms with Gasteiger partial charge in [-0.15, -0.1) is 0 Å². The molecule has 0 aliphatic rings. The fraction of sp³-hybridized carbons (Fsp3) is 0.794. The van der Waals surface area contributed by atoms with Crippen molar-refractivity contribution in [1.29, 1.82) is 0 Å². The lowest BCUT2D eigenvalue weighted by Crippen LogP contribution is -2.63. The summed E-state index contributed by atoms with van der Waals surface area (Å²) in [6.07, 6.45) is 2.95. The maximum absolute atomic E-state index is 15.0. The lowest BCUT2D eigenvalue weighted by molar-refractivity contribution is -0.157. The highest BCUT2D eigenvalue weighted by Crippen LogP contribution is 2.25. The molecule has 7 N–H and O–H groups in total. The Morgan fingerprint density at radius 3 is 1.29 bits per heavy atom. The average Bonchev–Trinajstić information content (AvgIpc) is 1.53. The molecule has 0 aromatic rings. The second-order valence-corrected chi connectivity index (χ2v) is 25.9. The second-order valence-electron chi connectivity index (χ2n) is 25.9. The van der Waals surface area contributed by atoms with Crippen LogP contribution in [0.5, 0.6) is 0 Å². The van der Waals surface area contributed by atoms with E-state index in [0.29, 0.717) is 6.42 Å². The molecule has 0 aromatic carbocycles. The summed E-state index contributed by atoms with van der Waals surface area (Å²) in [6, 6.07) is -12.5. The molecular weight excluding hydrogens is 1120 g/mol. The van der Waals surface area contributed by atoms with Crippen LogP contribution in [0, 0.1) is 41.4 Å². The van der Waals surface area contributed by atoms with Gasteiger partial charge in [0.25, 0.3) is 0 Å². The number of hydrogen-bond acceptors (Lipinski definition) is 13. The second kappa shape index (κ2) is 37.6. The van der Waals surface area contributed by atoms with Gasteiger partial charge in [-0.05, 0) is 115 Å². The van der Waals surface area contributed by atoms with Crippen molar-refractivity contribution in [2.75, 3.05) is 48.8 Å². The first-order valence-corrected chi connectivity index (χ1v) is 31.2. The fourth-order valence-electron chi connectivity index (χ4n) is 10.6. The number of hydrogen-bond donors (Lipinski definition) is 7. The number of allylic oxidation sites excluding steroid dienone is 2. The number of aliphatic hydroxyl groups is 1. The minimum Gasteiger partial charge on any atom is -0.480 e. The highest BCUT2D eigenvalue weighted by atomic mass is 16.4. The molecule has 500 valence electrons. The van der Waals surface area contributed by atoms with Gasteiger partial charge in [-0.25, -0.2) is 4.79 Å². The SMILES string of the molecule is C/C=C/C[C@@H](C)[C@@H](O)[C@@H](C(=O)N[C@@H](CC)C(=O)O)N(C)C(=O)[C@H](C(C)C)N(C)C(=O)[C@H](CC(C)C)N(C)C(=O)[C@H](CC(C)C)N(C)C(=O)[C@@H](C)NC(=O)[C@H](C)NC(=O)[C@H](CC(C)C)N(C)C(=O)[C@@H](NC(=O)[C@H](C(C)C)N(CC)C(=O)[C@@H](C)NC)C(C)C. The van der Waals surface area contributed by atoms with Crippen LogP contribution in [0.3, 0.4) is 0 Å². The topological polar surface area (TPSA) is 308 Å². The van der Waals surface area contributed by atoms with E-state index in [0.717, 1.165) is 4.90 Å². The molecule has 24 heteroatoms. The van der Waals surface area contributed by atoms with Crippen LogP contribution in [0.25, 0.3) is 0 Å². The quantitative estimate of drug-likeness (QED) is 0.0439. The Labute approximate surface area is 520 Å². The maximum atomic E-state index is 15.0. The van der Waals surface area contributed by atoms with Gasteiger partial charge < -0.3 is 66.2 Å². The summed E-state index contributed by atoms with van der Waals surface area (Å²) in [5, 5.41) is 35.1. The Hall–Kier alpha value is -6.17. The van der Waals surface area contributed by atoms with Crippen LogP contribution in [0.1, 0.15) is 164 Å². The lowest BCUT2D eigenvalue weighted by atomic mass is 9.91. The van der Waals surface area contributed by atoms with Crippen LogP contribution >= 0.6 is 0 Å². The smallest absolute Gasteiger partial charge is 0.326 e. The number of nitrogens with one attached hydrogen (secondary N) is 5. The molecule has 0 radical (unpaired) electrons. The van der Waals surface area contributed by atoms with Crippen LogP contribution in [0.4, 0.5) is 0 Å². The van der Waals surface area contributed by atoms with Gasteiger partial charge in [0, 0.05) is 41.8 Å². The molecule has 10 amide bonds. The van der Waals surface area contributed by atoms with Gasteiger partial charge in [0.2, 0.25) is 59.1 Å². The standard InChI is InChI=1S/C63H115N11O13/c1-26-29-30-40(16)52(75)51(56(79)67-44(27-2)63(86)87)73(25)62(85)50(39(14)15)72(24)60(83)47(33-36(8)9)71(23)59(82)46(32-35(6)7)70(22)57(80)43(19)66-53(76)41(17)65-54(77)45(31-34(4)5)69(21)61(84)48(37(10)11)68-55(78)49(38(12)13)74(28-3)58(81)42(18)64-20/h26,29,34-52,64,75H,27-28,30-33H2,1-25H3,(H,65,77)(H,66,76)(H,67,79)(H,68,78)(H,86,87)/b29-26+/t40-,41+,42-,43-,44+,45+,46+,47+,48+,49+,50+,51+,52-/m1/s1. The van der Waals surface area contributed by atoms with Crippen molar-refractivity contribution in [3.63, 3.8) is 0 Å². The third-order valence-corrected chi connectivity index (χ3v) is 16.1. The summed E-state index contributed by atoms with van der Waals surface area (Å²) in [5.41, 5.74) is 0. The van der Waals surface area contributed by atoms with E-state index in [1.54, 1.807) is 81.5 Å². The van der Waals surface area contributed by atoms with Crippen LogP contribution in [0.15, 0.2) is 12.2 Å². The van der Waals surface area contributed by atoms with E-state index in [1.165, 1.54) is 73.6 Å². The first-order valence-electron chi connectivity index (χ1n) is 31.2. The number of carbonyl (C=O) groups is 11. The third kappa shape index (κ3) is 23.4. The minimum atomic E-state index is -1.56. The molecule has 0 fully saturated rings. The van der Waals surface area contributed by atoms with Crippen molar-refractivity contribution < 1.29 is 63.0 Å². The van der Waals surface area contributed by atoms with Crippen molar-refractivity contribution >= 4 is 65.0 Å². The highest BCUT2D eigenvalue weighted by molar-refractivity contribution is 5.99. The zero-order valence-electron chi connectivity index (χ0n) is 57.4. The molecule has 0 unspecified atom stereocenters. The zero-order valence-corrected chi connectivity index (χ0v) is 57.4. The Balaban J connectivity index is 6.91. The minimum absolute atomic E-state index is 0.0295. The molecule has 0 heterocycles. The summed E-state index contributed by atoms with van der Waals surface area (Å²) in [4.78, 5) is 162. The molecule has 0 saturated carbocycles. The Bertz CT molecular complexity index is 2330. The van der Waals surface area contributed by atoms with Crippen LogP contribution < -0.4 is 26.6 Å². The third-order valence-electron chi connectivity index (χ3n) is 16.1. The number of likely N-dealkylation sites (N-methyl/N-ethyl adjacent to an activating group) is 7. The average molecular weight is 1230 g/mol. The molecule has 24 nitrogen and oxygen atoms in total. The largest absolute Gasteiger partial charge is 0.480 e. The van der Waals surface area contributed by atoms with Gasteiger partial charge in [-0.3, -0.25) is 47.9 Å². The Morgan fingerprint density at radius 1 is 0.448 bits per heavy atom. The Kier molecular flexibility index (Phi) is 35.0. The molecular formula is C63H115N11O13.